The van der Waals surface area contributed by atoms with Crippen molar-refractivity contribution >= 4 is 33.0 Å². The Bertz CT molecular complexity index is 1120. The van der Waals surface area contributed by atoms with Crippen molar-refractivity contribution in [3.05, 3.63) is 65.7 Å². The number of benzene rings is 2. The standard InChI is InChI=1S/C21H21N3O4S2/c25-20(14-18-15-29-21(23-18)16-5-2-1-3-6-16)22-17-7-4-8-19(13-17)30(26,27)24-9-11-28-12-10-24/h1-8,13,15H,9-12,14H2,(H,22,25). The minimum Gasteiger partial charge on any atom is -0.379 e. The van der Waals surface area contributed by atoms with Crippen LogP contribution in [-0.2, 0) is 26.0 Å². The summed E-state index contributed by atoms with van der Waals surface area (Å²) in [5, 5.41) is 5.49. The van der Waals surface area contributed by atoms with E-state index in [9.17, 15) is 13.2 Å². The molecule has 3 aromatic rings. The Balaban J connectivity index is 1.43. The fraction of sp³-hybridized carbons (Fsp3) is 0.238. The predicted molar refractivity (Wildman–Crippen MR) is 116 cm³/mol. The summed E-state index contributed by atoms with van der Waals surface area (Å²) in [6.45, 7) is 1.42. The lowest BCUT2D eigenvalue weighted by atomic mass is 10.2. The largest absolute Gasteiger partial charge is 0.379 e. The maximum atomic E-state index is 12.8. The summed E-state index contributed by atoms with van der Waals surface area (Å²) < 4.78 is 32.2. The number of hydrogen-bond acceptors (Lipinski definition) is 6. The number of aromatic nitrogens is 1. The van der Waals surface area contributed by atoms with Gasteiger partial charge in [0.15, 0.2) is 0 Å². The van der Waals surface area contributed by atoms with Crippen LogP contribution in [0.1, 0.15) is 5.69 Å². The molecule has 0 bridgehead atoms. The highest BCUT2D eigenvalue weighted by Gasteiger charge is 2.26. The van der Waals surface area contributed by atoms with Crippen molar-refractivity contribution in [3.63, 3.8) is 0 Å². The molecule has 7 nitrogen and oxygen atoms in total. The molecule has 0 aliphatic carbocycles. The van der Waals surface area contributed by atoms with Crippen LogP contribution >= 0.6 is 11.3 Å². The fourth-order valence-corrected chi connectivity index (χ4v) is 5.42. The molecule has 0 radical (unpaired) electrons. The molecule has 1 fully saturated rings. The third-order valence-electron chi connectivity index (χ3n) is 4.64. The van der Waals surface area contributed by atoms with Gasteiger partial charge in [0, 0.05) is 29.7 Å². The molecule has 0 spiro atoms. The van der Waals surface area contributed by atoms with Gasteiger partial charge in [0.05, 0.1) is 30.2 Å². The number of ether oxygens (including phenoxy) is 1. The average molecular weight is 444 g/mol. The highest BCUT2D eigenvalue weighted by molar-refractivity contribution is 7.89. The number of thiazole rings is 1. The van der Waals surface area contributed by atoms with Crippen LogP contribution in [0.4, 0.5) is 5.69 Å². The lowest BCUT2D eigenvalue weighted by Gasteiger charge is -2.26. The Morgan fingerprint density at radius 1 is 1.10 bits per heavy atom. The van der Waals surface area contributed by atoms with E-state index in [1.54, 1.807) is 12.1 Å². The van der Waals surface area contributed by atoms with Gasteiger partial charge in [-0.3, -0.25) is 4.79 Å². The van der Waals surface area contributed by atoms with Crippen LogP contribution in [0.3, 0.4) is 0 Å². The van der Waals surface area contributed by atoms with E-state index in [2.05, 4.69) is 10.3 Å². The minimum absolute atomic E-state index is 0.115. The molecule has 30 heavy (non-hydrogen) atoms. The maximum Gasteiger partial charge on any atom is 0.243 e. The number of anilines is 1. The van der Waals surface area contributed by atoms with Gasteiger partial charge < -0.3 is 10.1 Å². The summed E-state index contributed by atoms with van der Waals surface area (Å²) in [4.78, 5) is 17.1. The van der Waals surface area contributed by atoms with Gasteiger partial charge in [0.25, 0.3) is 0 Å². The van der Waals surface area contributed by atoms with Crippen LogP contribution in [0.25, 0.3) is 10.6 Å². The first-order valence-electron chi connectivity index (χ1n) is 9.50. The Labute approximate surface area is 179 Å². The second-order valence-corrected chi connectivity index (χ2v) is 9.58. The number of morpholine rings is 1. The van der Waals surface area contributed by atoms with Crippen LogP contribution < -0.4 is 5.32 Å². The van der Waals surface area contributed by atoms with E-state index in [4.69, 9.17) is 4.74 Å². The van der Waals surface area contributed by atoms with E-state index in [0.29, 0.717) is 37.7 Å². The van der Waals surface area contributed by atoms with Crippen molar-refractivity contribution in [1.82, 2.24) is 9.29 Å². The lowest BCUT2D eigenvalue weighted by molar-refractivity contribution is -0.115. The van der Waals surface area contributed by atoms with Crippen LogP contribution in [0, 0.1) is 0 Å². The number of sulfonamides is 1. The molecule has 1 aliphatic rings. The van der Waals surface area contributed by atoms with Gasteiger partial charge in [-0.2, -0.15) is 4.31 Å². The van der Waals surface area contributed by atoms with E-state index >= 15 is 0 Å². The van der Waals surface area contributed by atoms with Crippen molar-refractivity contribution < 1.29 is 17.9 Å². The zero-order valence-corrected chi connectivity index (χ0v) is 17.8. The first kappa shape index (κ1) is 20.7. The molecule has 1 amide bonds. The summed E-state index contributed by atoms with van der Waals surface area (Å²) in [5.74, 6) is -0.249. The molecule has 2 aromatic carbocycles. The topological polar surface area (TPSA) is 88.6 Å². The van der Waals surface area contributed by atoms with Crippen molar-refractivity contribution in [2.45, 2.75) is 11.3 Å². The van der Waals surface area contributed by atoms with Gasteiger partial charge in [-0.25, -0.2) is 13.4 Å². The number of nitrogens with one attached hydrogen (secondary N) is 1. The van der Waals surface area contributed by atoms with Gasteiger partial charge in [0.2, 0.25) is 15.9 Å². The summed E-state index contributed by atoms with van der Waals surface area (Å²) in [6, 6.07) is 16.1. The normalized spacial score (nSPS) is 15.1. The molecule has 0 unspecified atom stereocenters. The van der Waals surface area contributed by atoms with E-state index in [1.165, 1.54) is 27.8 Å². The van der Waals surface area contributed by atoms with Gasteiger partial charge in [-0.1, -0.05) is 36.4 Å². The Morgan fingerprint density at radius 3 is 2.63 bits per heavy atom. The summed E-state index contributed by atoms with van der Waals surface area (Å²) >= 11 is 1.49. The van der Waals surface area contributed by atoms with Crippen molar-refractivity contribution in [2.24, 2.45) is 0 Å². The van der Waals surface area contributed by atoms with Crippen LogP contribution in [0.2, 0.25) is 0 Å². The molecule has 0 saturated carbocycles. The van der Waals surface area contributed by atoms with Crippen LogP contribution in [0.5, 0.6) is 0 Å². The molecule has 9 heteroatoms. The third-order valence-corrected chi connectivity index (χ3v) is 7.47. The molecule has 1 aliphatic heterocycles. The van der Waals surface area contributed by atoms with Crippen LogP contribution in [0.15, 0.2) is 64.9 Å². The molecule has 1 aromatic heterocycles. The molecule has 156 valence electrons. The second kappa shape index (κ2) is 9.05. The first-order valence-corrected chi connectivity index (χ1v) is 11.8. The summed E-state index contributed by atoms with van der Waals surface area (Å²) in [7, 11) is -3.62. The third kappa shape index (κ3) is 4.76. The first-order chi connectivity index (χ1) is 14.5. The maximum absolute atomic E-state index is 12.8. The highest BCUT2D eigenvalue weighted by Crippen LogP contribution is 2.24. The number of nitrogens with zero attached hydrogens (tertiary/aromatic N) is 2. The molecule has 1 N–H and O–H groups in total. The number of amides is 1. The summed E-state index contributed by atoms with van der Waals surface area (Å²) in [5.41, 5.74) is 2.12. The molecule has 1 saturated heterocycles. The summed E-state index contributed by atoms with van der Waals surface area (Å²) in [6.07, 6.45) is 0.115. The molecule has 0 atom stereocenters. The molecular weight excluding hydrogens is 422 g/mol. The number of hydrogen-bond donors (Lipinski definition) is 1. The predicted octanol–water partition coefficient (Wildman–Crippen LogP) is 3.01. The molecule has 2 heterocycles. The van der Waals surface area contributed by atoms with Gasteiger partial charge in [-0.15, -0.1) is 11.3 Å². The van der Waals surface area contributed by atoms with E-state index in [1.807, 2.05) is 35.7 Å². The zero-order chi connectivity index (χ0) is 21.0. The second-order valence-electron chi connectivity index (χ2n) is 6.78. The lowest BCUT2D eigenvalue weighted by Crippen LogP contribution is -2.40. The monoisotopic (exact) mass is 443 g/mol. The number of carbonyl (C=O) groups excluding carboxylic acids is 1. The molecular formula is C21H21N3O4S2. The smallest absolute Gasteiger partial charge is 0.243 e. The molecule has 4 rings (SSSR count). The van der Waals surface area contributed by atoms with Gasteiger partial charge >= 0.3 is 0 Å². The Morgan fingerprint density at radius 2 is 1.87 bits per heavy atom. The highest BCUT2D eigenvalue weighted by atomic mass is 32.2. The fourth-order valence-electron chi connectivity index (χ4n) is 3.14. The van der Waals surface area contributed by atoms with E-state index < -0.39 is 10.0 Å². The number of carbonyl (C=O) groups is 1. The number of rotatable bonds is 6. The Kier molecular flexibility index (Phi) is 6.24. The van der Waals surface area contributed by atoms with Crippen LogP contribution in [-0.4, -0.2) is 49.9 Å². The van der Waals surface area contributed by atoms with Crippen molar-refractivity contribution in [3.8, 4) is 10.6 Å². The van der Waals surface area contributed by atoms with E-state index in [-0.39, 0.29) is 17.2 Å². The quantitative estimate of drug-likeness (QED) is 0.633. The van der Waals surface area contributed by atoms with Gasteiger partial charge in [-0.05, 0) is 18.2 Å². The minimum atomic E-state index is -3.62. The Hall–Kier alpha value is -2.59. The van der Waals surface area contributed by atoms with Crippen molar-refractivity contribution in [2.75, 3.05) is 31.6 Å². The van der Waals surface area contributed by atoms with E-state index in [0.717, 1.165) is 10.6 Å². The van der Waals surface area contributed by atoms with Crippen molar-refractivity contribution in [1.29, 1.82) is 0 Å². The SMILES string of the molecule is O=C(Cc1csc(-c2ccccc2)n1)Nc1cccc(S(=O)(=O)N2CCOCC2)c1. The zero-order valence-electron chi connectivity index (χ0n) is 16.2. The van der Waals surface area contributed by atoms with Gasteiger partial charge in [0.1, 0.15) is 5.01 Å². The average Bonchev–Trinajstić information content (AvgIpc) is 3.23.